The van der Waals surface area contributed by atoms with Gasteiger partial charge in [-0.1, -0.05) is 12.6 Å². The van der Waals surface area contributed by atoms with Gasteiger partial charge in [-0.3, -0.25) is 0 Å². The molecule has 0 spiro atoms. The number of nitrogens with zero attached hydrogens (tertiary/aromatic N) is 4. The van der Waals surface area contributed by atoms with Gasteiger partial charge in [-0.2, -0.15) is 0 Å². The van der Waals surface area contributed by atoms with E-state index in [9.17, 15) is 5.11 Å². The molecule has 3 aromatic rings. The molecule has 3 rings (SSSR count). The van der Waals surface area contributed by atoms with Crippen molar-refractivity contribution in [1.29, 1.82) is 0 Å². The first kappa shape index (κ1) is 17.3. The molecule has 0 unspecified atom stereocenters. The maximum absolute atomic E-state index is 9.27. The lowest BCUT2D eigenvalue weighted by Gasteiger charge is -2.17. The predicted octanol–water partition coefficient (Wildman–Crippen LogP) is 4.60. The Kier molecular flexibility index (Phi) is 5.21. The average molecular weight is 353 g/mol. The number of aliphatic hydroxyl groups excluding tert-OH is 1. The van der Waals surface area contributed by atoms with Crippen molar-refractivity contribution in [2.75, 3.05) is 11.4 Å². The molecule has 0 atom stereocenters. The highest BCUT2D eigenvalue weighted by Gasteiger charge is 2.16. The van der Waals surface area contributed by atoms with Gasteiger partial charge in [0.1, 0.15) is 11.2 Å². The van der Waals surface area contributed by atoms with Gasteiger partial charge in [0, 0.05) is 12.2 Å². The first-order chi connectivity index (χ1) is 12.2. The number of aromatic nitrogens is 1. The highest BCUT2D eigenvalue weighted by atomic mass is 32.1. The fourth-order valence-corrected chi connectivity index (χ4v) is 3.63. The number of fused-ring (bicyclic) bond motifs is 1. The number of anilines is 1. The fourth-order valence-electron chi connectivity index (χ4n) is 2.60. The molecule has 0 aliphatic heterocycles. The summed E-state index contributed by atoms with van der Waals surface area (Å²) in [5.41, 5.74) is 3.87. The Morgan fingerprint density at radius 1 is 1.20 bits per heavy atom. The lowest BCUT2D eigenvalue weighted by molar-refractivity contribution is -0.627. The van der Waals surface area contributed by atoms with Gasteiger partial charge in [0.2, 0.25) is 0 Å². The Morgan fingerprint density at radius 2 is 1.96 bits per heavy atom. The Hall–Kier alpha value is -2.57. The smallest absolute Gasteiger partial charge is 0.392 e. The molecular formula is C19H21N4OS+. The standard InChI is InChI=1S/C19H21N4OS/c1-4-23(5-2)16-9-7-15(8-10-16)20-21-19-22(3)17-11-6-14(13-24)12-18(17)25-19/h4,6-12,24H,1,5,13H2,2-3H3/q+1. The van der Waals surface area contributed by atoms with Crippen LogP contribution < -0.4 is 9.47 Å². The third-order valence-electron chi connectivity index (χ3n) is 4.05. The summed E-state index contributed by atoms with van der Waals surface area (Å²) < 4.78 is 3.10. The average Bonchev–Trinajstić information content (AvgIpc) is 2.97. The van der Waals surface area contributed by atoms with Gasteiger partial charge >= 0.3 is 5.13 Å². The van der Waals surface area contributed by atoms with Crippen LogP contribution in [0.25, 0.3) is 10.2 Å². The molecule has 6 heteroatoms. The molecule has 0 aliphatic rings. The van der Waals surface area contributed by atoms with E-state index in [1.165, 1.54) is 0 Å². The molecule has 1 N–H and O–H groups in total. The van der Waals surface area contributed by atoms with Gasteiger partial charge in [0.25, 0.3) is 0 Å². The third-order valence-corrected chi connectivity index (χ3v) is 5.13. The molecule has 0 radical (unpaired) electrons. The molecule has 0 saturated carbocycles. The van der Waals surface area contributed by atoms with Crippen molar-refractivity contribution in [2.24, 2.45) is 17.3 Å². The zero-order valence-electron chi connectivity index (χ0n) is 14.4. The monoisotopic (exact) mass is 353 g/mol. The van der Waals surface area contributed by atoms with Crippen LogP contribution >= 0.6 is 11.3 Å². The van der Waals surface area contributed by atoms with Crippen LogP contribution in [0.4, 0.5) is 16.5 Å². The number of thiazole rings is 1. The molecule has 0 bridgehead atoms. The highest BCUT2D eigenvalue weighted by Crippen LogP contribution is 2.28. The summed E-state index contributed by atoms with van der Waals surface area (Å²) >= 11 is 1.56. The van der Waals surface area contributed by atoms with Gasteiger partial charge in [0.05, 0.1) is 23.5 Å². The van der Waals surface area contributed by atoms with Crippen LogP contribution in [-0.2, 0) is 13.7 Å². The van der Waals surface area contributed by atoms with Gasteiger partial charge in [-0.15, -0.1) is 0 Å². The van der Waals surface area contributed by atoms with Gasteiger partial charge in [-0.25, -0.2) is 4.57 Å². The number of azo groups is 1. The molecule has 2 aromatic carbocycles. The molecule has 5 nitrogen and oxygen atoms in total. The Balaban J connectivity index is 1.85. The second-order valence-electron chi connectivity index (χ2n) is 5.59. The number of hydrogen-bond donors (Lipinski definition) is 1. The summed E-state index contributed by atoms with van der Waals surface area (Å²) in [7, 11) is 1.97. The van der Waals surface area contributed by atoms with Crippen LogP contribution in [0.1, 0.15) is 12.5 Å². The first-order valence-corrected chi connectivity index (χ1v) is 8.91. The molecule has 1 heterocycles. The Morgan fingerprint density at radius 3 is 2.60 bits per heavy atom. The minimum Gasteiger partial charge on any atom is -0.392 e. The number of hydrogen-bond acceptors (Lipinski definition) is 5. The van der Waals surface area contributed by atoms with Crippen LogP contribution in [0.3, 0.4) is 0 Å². The molecule has 0 fully saturated rings. The van der Waals surface area contributed by atoms with E-state index in [0.717, 1.165) is 38.8 Å². The first-order valence-electron chi connectivity index (χ1n) is 8.09. The largest absolute Gasteiger partial charge is 0.409 e. The molecular weight excluding hydrogens is 332 g/mol. The lowest BCUT2D eigenvalue weighted by atomic mass is 10.2. The zero-order valence-corrected chi connectivity index (χ0v) is 15.2. The number of rotatable bonds is 6. The van der Waals surface area contributed by atoms with Crippen LogP contribution in [0.15, 0.2) is 65.5 Å². The van der Waals surface area contributed by atoms with E-state index in [-0.39, 0.29) is 6.61 Å². The highest BCUT2D eigenvalue weighted by molar-refractivity contribution is 7.21. The van der Waals surface area contributed by atoms with E-state index in [2.05, 4.69) is 28.6 Å². The summed E-state index contributed by atoms with van der Waals surface area (Å²) in [5.74, 6) is 0. The van der Waals surface area contributed by atoms with Crippen molar-refractivity contribution in [3.63, 3.8) is 0 Å². The quantitative estimate of drug-likeness (QED) is 0.520. The number of benzene rings is 2. The second kappa shape index (κ2) is 7.55. The van der Waals surface area contributed by atoms with Crippen molar-refractivity contribution in [1.82, 2.24) is 0 Å². The number of aryl methyl sites for hydroxylation is 1. The van der Waals surface area contributed by atoms with Crippen molar-refractivity contribution in [3.8, 4) is 0 Å². The van der Waals surface area contributed by atoms with Crippen LogP contribution in [0.5, 0.6) is 0 Å². The minimum absolute atomic E-state index is 0.0419. The van der Waals surface area contributed by atoms with E-state index in [1.807, 2.05) is 60.3 Å². The Bertz CT molecular complexity index is 915. The van der Waals surface area contributed by atoms with Gasteiger partial charge in [-0.05, 0) is 71.5 Å². The Labute approximate surface area is 151 Å². The van der Waals surface area contributed by atoms with Crippen molar-refractivity contribution in [2.45, 2.75) is 13.5 Å². The summed E-state index contributed by atoms with van der Waals surface area (Å²) in [6, 6.07) is 13.8. The van der Waals surface area contributed by atoms with Crippen molar-refractivity contribution in [3.05, 3.63) is 60.8 Å². The van der Waals surface area contributed by atoms with Gasteiger partial charge < -0.3 is 10.0 Å². The SMILES string of the molecule is C=CN(CC)c1ccc(N=Nc2sc3cc(CO)ccc3[n+]2C)cc1. The minimum atomic E-state index is 0.0419. The second-order valence-corrected chi connectivity index (χ2v) is 6.60. The predicted molar refractivity (Wildman–Crippen MR) is 103 cm³/mol. The normalized spacial score (nSPS) is 11.3. The number of aliphatic hydroxyl groups is 1. The molecule has 0 aliphatic carbocycles. The summed E-state index contributed by atoms with van der Waals surface area (Å²) in [6.07, 6.45) is 1.81. The van der Waals surface area contributed by atoms with Crippen LogP contribution in [-0.4, -0.2) is 11.7 Å². The molecule has 0 saturated heterocycles. The fraction of sp³-hybridized carbons (Fsp3) is 0.211. The maximum atomic E-state index is 9.27. The lowest BCUT2D eigenvalue weighted by Crippen LogP contribution is -2.25. The summed E-state index contributed by atoms with van der Waals surface area (Å²) in [6.45, 7) is 6.81. The third kappa shape index (κ3) is 3.60. The zero-order chi connectivity index (χ0) is 17.8. The van der Waals surface area contributed by atoms with E-state index in [4.69, 9.17) is 0 Å². The maximum Gasteiger partial charge on any atom is 0.409 e. The van der Waals surface area contributed by atoms with E-state index in [1.54, 1.807) is 11.3 Å². The summed E-state index contributed by atoms with van der Waals surface area (Å²) in [4.78, 5) is 2.06. The van der Waals surface area contributed by atoms with E-state index >= 15 is 0 Å². The van der Waals surface area contributed by atoms with Crippen LogP contribution in [0, 0.1) is 0 Å². The topological polar surface area (TPSA) is 52.1 Å². The molecule has 25 heavy (non-hydrogen) atoms. The van der Waals surface area contributed by atoms with Crippen LogP contribution in [0.2, 0.25) is 0 Å². The van der Waals surface area contributed by atoms with E-state index < -0.39 is 0 Å². The van der Waals surface area contributed by atoms with Gasteiger partial charge in [0.15, 0.2) is 0 Å². The molecule has 1 aromatic heterocycles. The summed E-state index contributed by atoms with van der Waals surface area (Å²) in [5, 5.41) is 18.8. The van der Waals surface area contributed by atoms with Crippen molar-refractivity contribution >= 4 is 38.1 Å². The molecule has 128 valence electrons. The van der Waals surface area contributed by atoms with E-state index in [0.29, 0.717) is 0 Å². The van der Waals surface area contributed by atoms with Crippen molar-refractivity contribution < 1.29 is 9.67 Å². The molecule has 0 amide bonds.